The van der Waals surface area contributed by atoms with E-state index in [1.807, 2.05) is 13.0 Å². The summed E-state index contributed by atoms with van der Waals surface area (Å²) in [5, 5.41) is 0. The van der Waals surface area contributed by atoms with Gasteiger partial charge in [0.15, 0.2) is 0 Å². The molecule has 1 rings (SSSR count). The molecule has 0 aliphatic rings. The second kappa shape index (κ2) is 6.08. The van der Waals surface area contributed by atoms with Crippen LogP contribution < -0.4 is 16.4 Å². The van der Waals surface area contributed by atoms with Crippen LogP contribution in [0.15, 0.2) is 12.1 Å². The summed E-state index contributed by atoms with van der Waals surface area (Å²) in [6.45, 7) is 4.36. The minimum absolute atomic E-state index is 0.0838. The van der Waals surface area contributed by atoms with Crippen LogP contribution in [0.1, 0.15) is 22.8 Å². The molecule has 1 aromatic carbocycles. The minimum Gasteiger partial charge on any atom is -0.465 e. The lowest BCUT2D eigenvalue weighted by atomic mass is 10.1. The van der Waals surface area contributed by atoms with Gasteiger partial charge in [0.25, 0.3) is 0 Å². The van der Waals surface area contributed by atoms with Crippen LogP contribution in [-0.2, 0) is 9.53 Å². The van der Waals surface area contributed by atoms with Gasteiger partial charge < -0.3 is 21.1 Å². The van der Waals surface area contributed by atoms with Gasteiger partial charge in [-0.25, -0.2) is 4.79 Å². The molecule has 0 bridgehead atoms. The van der Waals surface area contributed by atoms with Crippen LogP contribution in [0.4, 0.5) is 11.4 Å². The maximum atomic E-state index is 11.7. The number of rotatable bonds is 5. The quantitative estimate of drug-likeness (QED) is 0.602. The Bertz CT molecular complexity index is 500. The number of amides is 1. The molecule has 0 saturated carbocycles. The molecule has 0 spiro atoms. The van der Waals surface area contributed by atoms with E-state index in [9.17, 15) is 9.59 Å². The van der Waals surface area contributed by atoms with Crippen molar-refractivity contribution in [3.8, 4) is 0 Å². The molecule has 0 radical (unpaired) electrons. The van der Waals surface area contributed by atoms with E-state index in [0.717, 1.165) is 5.56 Å². The zero-order chi connectivity index (χ0) is 14.6. The van der Waals surface area contributed by atoms with Gasteiger partial charge in [-0.15, -0.1) is 0 Å². The molecule has 0 fully saturated rings. The minimum atomic E-state index is -0.502. The molecule has 4 N–H and O–H groups in total. The van der Waals surface area contributed by atoms with E-state index < -0.39 is 11.9 Å². The van der Waals surface area contributed by atoms with Crippen molar-refractivity contribution in [2.75, 3.05) is 30.8 Å². The van der Waals surface area contributed by atoms with Gasteiger partial charge >= 0.3 is 5.97 Å². The number of anilines is 2. The van der Waals surface area contributed by atoms with Crippen molar-refractivity contribution in [3.05, 3.63) is 23.3 Å². The smallest absolute Gasteiger partial charge is 0.340 e. The molecule has 0 aliphatic carbocycles. The summed E-state index contributed by atoms with van der Waals surface area (Å²) >= 11 is 0. The predicted molar refractivity (Wildman–Crippen MR) is 74.0 cm³/mol. The van der Waals surface area contributed by atoms with E-state index in [2.05, 4.69) is 0 Å². The first-order chi connectivity index (χ1) is 8.90. The number of nitrogens with zero attached hydrogens (tertiary/aromatic N) is 1. The molecular formula is C13H19N3O3. The highest BCUT2D eigenvalue weighted by molar-refractivity contribution is 5.97. The fourth-order valence-corrected chi connectivity index (χ4v) is 1.81. The number of ether oxygens (including phenoxy) is 1. The lowest BCUT2D eigenvalue weighted by Crippen LogP contribution is -2.33. The molecule has 0 aromatic heterocycles. The second-order valence-electron chi connectivity index (χ2n) is 4.20. The van der Waals surface area contributed by atoms with Gasteiger partial charge in [0.05, 0.1) is 19.2 Å². The molecule has 6 heteroatoms. The van der Waals surface area contributed by atoms with Gasteiger partial charge in [-0.1, -0.05) is 0 Å². The summed E-state index contributed by atoms with van der Waals surface area (Å²) in [7, 11) is 1.30. The lowest BCUT2D eigenvalue weighted by Gasteiger charge is -2.23. The molecule has 1 amide bonds. The first-order valence-electron chi connectivity index (χ1n) is 5.92. The number of primary amides is 1. The number of benzene rings is 1. The second-order valence-corrected chi connectivity index (χ2v) is 4.20. The van der Waals surface area contributed by atoms with Gasteiger partial charge in [-0.2, -0.15) is 0 Å². The predicted octanol–water partition coefficient (Wildman–Crippen LogP) is 0.675. The normalized spacial score (nSPS) is 10.1. The summed E-state index contributed by atoms with van der Waals surface area (Å²) in [5.41, 5.74) is 13.2. The highest BCUT2D eigenvalue weighted by Crippen LogP contribution is 2.26. The Balaban J connectivity index is 3.25. The van der Waals surface area contributed by atoms with Crippen LogP contribution >= 0.6 is 0 Å². The molecule has 1 aromatic rings. The van der Waals surface area contributed by atoms with Gasteiger partial charge in [-0.3, -0.25) is 4.79 Å². The van der Waals surface area contributed by atoms with E-state index >= 15 is 0 Å². The third kappa shape index (κ3) is 3.37. The van der Waals surface area contributed by atoms with E-state index in [4.69, 9.17) is 16.2 Å². The molecule has 19 heavy (non-hydrogen) atoms. The van der Waals surface area contributed by atoms with Gasteiger partial charge in [-0.05, 0) is 31.5 Å². The number of esters is 1. The number of hydrogen-bond donors (Lipinski definition) is 2. The Hall–Kier alpha value is -2.24. The monoisotopic (exact) mass is 265 g/mol. The summed E-state index contributed by atoms with van der Waals surface area (Å²) in [4.78, 5) is 24.5. The maximum absolute atomic E-state index is 11.7. The summed E-state index contributed by atoms with van der Waals surface area (Å²) < 4.78 is 4.69. The van der Waals surface area contributed by atoms with Crippen LogP contribution in [-0.4, -0.2) is 32.1 Å². The number of nitrogens with two attached hydrogens (primary N) is 2. The van der Waals surface area contributed by atoms with Gasteiger partial charge in [0.1, 0.15) is 0 Å². The van der Waals surface area contributed by atoms with Crippen molar-refractivity contribution in [1.29, 1.82) is 0 Å². The van der Waals surface area contributed by atoms with Gasteiger partial charge in [0.2, 0.25) is 5.91 Å². The average molecular weight is 265 g/mol. The molecule has 6 nitrogen and oxygen atoms in total. The Morgan fingerprint density at radius 3 is 2.47 bits per heavy atom. The third-order valence-electron chi connectivity index (χ3n) is 2.87. The number of carbonyl (C=O) groups excluding carboxylic acids is 2. The largest absolute Gasteiger partial charge is 0.465 e. The summed E-state index contributed by atoms with van der Waals surface area (Å²) in [6, 6.07) is 3.43. The number of methoxy groups -OCH3 is 1. The van der Waals surface area contributed by atoms with Crippen LogP contribution in [0.2, 0.25) is 0 Å². The molecule has 0 unspecified atom stereocenters. The molecule has 104 valence electrons. The summed E-state index contributed by atoms with van der Waals surface area (Å²) in [5.74, 6) is -0.937. The maximum Gasteiger partial charge on any atom is 0.340 e. The highest BCUT2D eigenvalue weighted by Gasteiger charge is 2.16. The average Bonchev–Trinajstić information content (AvgIpc) is 2.37. The molecule has 0 saturated heterocycles. The van der Waals surface area contributed by atoms with Crippen molar-refractivity contribution in [3.63, 3.8) is 0 Å². The number of carbonyl (C=O) groups is 2. The highest BCUT2D eigenvalue weighted by atomic mass is 16.5. The van der Waals surface area contributed by atoms with Crippen molar-refractivity contribution < 1.29 is 14.3 Å². The van der Waals surface area contributed by atoms with E-state index in [1.54, 1.807) is 17.9 Å². The zero-order valence-electron chi connectivity index (χ0n) is 11.4. The van der Waals surface area contributed by atoms with Crippen molar-refractivity contribution in [2.24, 2.45) is 5.73 Å². The van der Waals surface area contributed by atoms with E-state index in [0.29, 0.717) is 23.5 Å². The van der Waals surface area contributed by atoms with Crippen molar-refractivity contribution >= 4 is 23.3 Å². The van der Waals surface area contributed by atoms with Crippen molar-refractivity contribution in [1.82, 2.24) is 0 Å². The van der Waals surface area contributed by atoms with E-state index in [1.165, 1.54) is 7.11 Å². The van der Waals surface area contributed by atoms with Crippen molar-refractivity contribution in [2.45, 2.75) is 13.8 Å². The molecule has 0 atom stereocenters. The first kappa shape index (κ1) is 14.8. The zero-order valence-corrected chi connectivity index (χ0v) is 11.4. The van der Waals surface area contributed by atoms with E-state index in [-0.39, 0.29) is 6.54 Å². The first-order valence-corrected chi connectivity index (χ1v) is 5.92. The Kier molecular flexibility index (Phi) is 4.74. The standard InChI is InChI=1S/C13H19N3O3/c1-4-16(7-11(14)17)9-5-8(2)12(15)10(6-9)13(18)19-3/h5-6H,4,7,15H2,1-3H3,(H2,14,17). The molecule has 0 aliphatic heterocycles. The topological polar surface area (TPSA) is 98.6 Å². The fraction of sp³-hybridized carbons (Fsp3) is 0.385. The number of likely N-dealkylation sites (N-methyl/N-ethyl adjacent to an activating group) is 1. The number of nitrogen functional groups attached to an aromatic ring is 1. The van der Waals surface area contributed by atoms with Crippen LogP contribution in [0.5, 0.6) is 0 Å². The SMILES string of the molecule is CCN(CC(N)=O)c1cc(C)c(N)c(C(=O)OC)c1. The Morgan fingerprint density at radius 2 is 2.00 bits per heavy atom. The van der Waals surface area contributed by atoms with Crippen LogP contribution in [0, 0.1) is 6.92 Å². The summed E-state index contributed by atoms with van der Waals surface area (Å²) in [6.07, 6.45) is 0. The third-order valence-corrected chi connectivity index (χ3v) is 2.87. The molecule has 0 heterocycles. The lowest BCUT2D eigenvalue weighted by molar-refractivity contribution is -0.116. The Labute approximate surface area is 112 Å². The molecular weight excluding hydrogens is 246 g/mol. The number of aryl methyl sites for hydroxylation is 1. The van der Waals surface area contributed by atoms with Gasteiger partial charge in [0, 0.05) is 17.9 Å². The van der Waals surface area contributed by atoms with Crippen LogP contribution in [0.3, 0.4) is 0 Å². The Morgan fingerprint density at radius 1 is 1.37 bits per heavy atom. The number of hydrogen-bond acceptors (Lipinski definition) is 5. The fourth-order valence-electron chi connectivity index (χ4n) is 1.81. The van der Waals surface area contributed by atoms with Crippen LogP contribution in [0.25, 0.3) is 0 Å².